The summed E-state index contributed by atoms with van der Waals surface area (Å²) >= 11 is 0. The lowest BCUT2D eigenvalue weighted by Gasteiger charge is -2.22. The summed E-state index contributed by atoms with van der Waals surface area (Å²) in [7, 11) is -0.579. The Morgan fingerprint density at radius 3 is 1.30 bits per heavy atom. The Morgan fingerprint density at radius 2 is 1.20 bits per heavy atom. The van der Waals surface area contributed by atoms with E-state index in [-0.39, 0.29) is 0 Å². The van der Waals surface area contributed by atoms with Crippen molar-refractivity contribution in [2.45, 2.75) is 0 Å². The number of hydrogen-bond acceptors (Lipinski definition) is 5. The second kappa shape index (κ2) is 5.52. The van der Waals surface area contributed by atoms with Crippen LogP contribution in [0.1, 0.15) is 0 Å². The number of rotatable bonds is 5. The smallest absolute Gasteiger partial charge is 0.403 e. The molecule has 0 saturated heterocycles. The van der Waals surface area contributed by atoms with Gasteiger partial charge in [-0.05, 0) is 0 Å². The van der Waals surface area contributed by atoms with E-state index >= 15 is 0 Å². The van der Waals surface area contributed by atoms with Gasteiger partial charge in [0.15, 0.2) is 10.5 Å². The van der Waals surface area contributed by atoms with Gasteiger partial charge in [-0.3, -0.25) is 0 Å². The van der Waals surface area contributed by atoms with Gasteiger partial charge in [-0.2, -0.15) is 0 Å². The highest BCUT2D eigenvalue weighted by atomic mass is 28.5. The zero-order valence-corrected chi connectivity index (χ0v) is 15.5. The molecule has 0 atom stereocenters. The highest BCUT2D eigenvalue weighted by molar-refractivity contribution is 6.63. The summed E-state index contributed by atoms with van der Waals surface area (Å²) in [6, 6.07) is 0. The molecule has 0 saturated carbocycles. The Kier molecular flexibility index (Phi) is 6.01. The minimum absolute atomic E-state index is 0.502. The van der Waals surface area contributed by atoms with Crippen LogP contribution in [0.2, 0.25) is 0 Å². The molecule has 62 valence electrons. The molecule has 5 nitrogen and oxygen atoms in total. The molecule has 0 aliphatic rings. The molecular weight excluding hydrogens is 220 g/mol. The van der Waals surface area contributed by atoms with Crippen molar-refractivity contribution in [3.63, 3.8) is 0 Å². The van der Waals surface area contributed by atoms with E-state index in [0.717, 1.165) is 0 Å². The fourth-order valence-electron chi connectivity index (χ4n) is 0.454. The normalized spacial score (nSPS) is 18.0. The van der Waals surface area contributed by atoms with Gasteiger partial charge in [0.2, 0.25) is 0 Å². The van der Waals surface area contributed by atoms with Crippen LogP contribution in [-0.4, -0.2) is 51.0 Å². The predicted octanol–water partition coefficient (Wildman–Crippen LogP) is -5.46. The highest BCUT2D eigenvalue weighted by Gasteiger charge is 2.41. The van der Waals surface area contributed by atoms with Gasteiger partial charge in [-0.15, -0.1) is 0 Å². The van der Waals surface area contributed by atoms with E-state index in [0.29, 0.717) is 41.9 Å². The van der Waals surface area contributed by atoms with Crippen LogP contribution in [0.25, 0.3) is 0 Å². The molecule has 0 aromatic rings. The highest BCUT2D eigenvalue weighted by Crippen LogP contribution is 2.05. The van der Waals surface area contributed by atoms with Crippen molar-refractivity contribution in [2.75, 3.05) is 0 Å². The molecule has 0 amide bonds. The van der Waals surface area contributed by atoms with Gasteiger partial charge in [-0.25, -0.2) is 4.58 Å². The van der Waals surface area contributed by atoms with Crippen molar-refractivity contribution in [1.29, 1.82) is 0 Å². The molecule has 10 heavy (non-hydrogen) atoms. The first-order valence-electron chi connectivity index (χ1n) is 2.62. The third-order valence-corrected chi connectivity index (χ3v) is 7.81. The topological polar surface area (TPSA) is 46.2 Å². The second-order valence-electron chi connectivity index (χ2n) is 1.36. The molecule has 0 N–H and O–H groups in total. The van der Waals surface area contributed by atoms with Crippen LogP contribution in [0.5, 0.6) is 0 Å². The van der Waals surface area contributed by atoms with E-state index in [1.165, 1.54) is 0 Å². The SMILES string of the molecule is [SiH3]OO[Si](O[SiH3])(O[SiH3])O[SiH3]. The minimum Gasteiger partial charge on any atom is -0.403 e. The van der Waals surface area contributed by atoms with Crippen molar-refractivity contribution >= 4 is 51.0 Å². The van der Waals surface area contributed by atoms with E-state index in [1.54, 1.807) is 0 Å². The molecule has 0 aromatic heterocycles. The van der Waals surface area contributed by atoms with Crippen molar-refractivity contribution in [3.05, 3.63) is 0 Å². The van der Waals surface area contributed by atoms with Gasteiger partial charge < -0.3 is 16.9 Å². The van der Waals surface area contributed by atoms with Gasteiger partial charge in [0, 0.05) is 0 Å². The van der Waals surface area contributed by atoms with Gasteiger partial charge in [0.25, 0.3) is 0 Å². The molecule has 0 aliphatic heterocycles. The molecule has 0 bridgehead atoms. The van der Waals surface area contributed by atoms with Gasteiger partial charge in [0.05, 0.1) is 0 Å². The van der Waals surface area contributed by atoms with Crippen molar-refractivity contribution < 1.29 is 21.5 Å². The molecule has 0 fully saturated rings. The van der Waals surface area contributed by atoms with Crippen LogP contribution in [0.3, 0.4) is 0 Å². The maximum Gasteiger partial charge on any atom is 0.673 e. The molecule has 0 aromatic carbocycles. The summed E-state index contributed by atoms with van der Waals surface area (Å²) < 4.78 is 24.6. The Hall–Kier alpha value is 0.884. The summed E-state index contributed by atoms with van der Waals surface area (Å²) in [5, 5.41) is 0. The maximum atomic E-state index is 5.05. The molecule has 0 heterocycles. The van der Waals surface area contributed by atoms with Gasteiger partial charge >= 0.3 is 9.05 Å². The van der Waals surface area contributed by atoms with Crippen molar-refractivity contribution in [1.82, 2.24) is 0 Å². The van der Waals surface area contributed by atoms with Crippen LogP contribution in [0.15, 0.2) is 0 Å². The van der Waals surface area contributed by atoms with Crippen molar-refractivity contribution in [2.24, 2.45) is 0 Å². The number of hydrogen-bond donors (Lipinski definition) is 0. The van der Waals surface area contributed by atoms with Gasteiger partial charge in [-0.1, -0.05) is 0 Å². The summed E-state index contributed by atoms with van der Waals surface area (Å²) in [6.45, 7) is 0. The van der Waals surface area contributed by atoms with E-state index in [9.17, 15) is 0 Å². The fourth-order valence-corrected chi connectivity index (χ4v) is 8.59. The molecule has 0 radical (unpaired) electrons. The van der Waals surface area contributed by atoms with E-state index < -0.39 is 9.05 Å². The van der Waals surface area contributed by atoms with Gasteiger partial charge in [0.1, 0.15) is 31.5 Å². The lowest BCUT2D eigenvalue weighted by atomic mass is 14.9. The third-order valence-electron chi connectivity index (χ3n) is 0.935. The monoisotopic (exact) mass is 232 g/mol. The summed E-state index contributed by atoms with van der Waals surface area (Å²) in [4.78, 5) is 0. The lowest BCUT2D eigenvalue weighted by Crippen LogP contribution is -2.47. The average Bonchev–Trinajstić information content (AvgIpc) is 2.01. The first-order valence-corrected chi connectivity index (χ1v) is 7.52. The Labute approximate surface area is 72.9 Å². The van der Waals surface area contributed by atoms with E-state index in [2.05, 4.69) is 4.58 Å². The van der Waals surface area contributed by atoms with E-state index in [4.69, 9.17) is 16.9 Å². The summed E-state index contributed by atoms with van der Waals surface area (Å²) in [5.74, 6) is 0. The molecule has 0 aliphatic carbocycles. The van der Waals surface area contributed by atoms with Crippen LogP contribution in [0.4, 0.5) is 0 Å². The first-order chi connectivity index (χ1) is 4.74. The minimum atomic E-state index is -2.72. The lowest BCUT2D eigenvalue weighted by molar-refractivity contribution is -0.161. The predicted molar refractivity (Wildman–Crippen MR) is 50.9 cm³/mol. The Morgan fingerprint density at radius 1 is 0.800 bits per heavy atom. The Balaban J connectivity index is 3.87. The Bertz CT molecular complexity index is 71.8. The molecule has 10 heteroatoms. The third kappa shape index (κ3) is 2.86. The molecule has 0 spiro atoms. The maximum absolute atomic E-state index is 5.05. The summed E-state index contributed by atoms with van der Waals surface area (Å²) in [6.07, 6.45) is 0. The van der Waals surface area contributed by atoms with E-state index in [1.807, 2.05) is 0 Å². The fraction of sp³-hybridized carbons (Fsp3) is 0. The standard InChI is InChI=1S/H12O5Si5/c6-1-2-10(3-7,4-8)5-9/h6-9H3. The quantitative estimate of drug-likeness (QED) is 0.269. The van der Waals surface area contributed by atoms with Crippen LogP contribution in [0, 0.1) is 0 Å². The van der Waals surface area contributed by atoms with Crippen LogP contribution < -0.4 is 0 Å². The second-order valence-corrected chi connectivity index (χ2v) is 7.76. The zero-order valence-electron chi connectivity index (χ0n) is 6.54. The molecule has 0 unspecified atom stereocenters. The van der Waals surface area contributed by atoms with Crippen LogP contribution in [-0.2, 0) is 21.5 Å². The van der Waals surface area contributed by atoms with Crippen molar-refractivity contribution in [3.8, 4) is 0 Å². The molecule has 0 rings (SSSR count). The zero-order chi connectivity index (χ0) is 8.04. The van der Waals surface area contributed by atoms with Crippen LogP contribution >= 0.6 is 0 Å². The summed E-state index contributed by atoms with van der Waals surface area (Å²) in [5.41, 5.74) is 0. The first kappa shape index (κ1) is 10.9. The average molecular weight is 233 g/mol. The largest absolute Gasteiger partial charge is 0.673 e. The molecular formula is H12O5Si5.